The van der Waals surface area contributed by atoms with Gasteiger partial charge in [0.2, 0.25) is 0 Å². The minimum Gasteiger partial charge on any atom is -0.308 e. The third kappa shape index (κ3) is 2.34. The van der Waals surface area contributed by atoms with Gasteiger partial charge in [-0.1, -0.05) is 0 Å². The second-order valence-electron chi connectivity index (χ2n) is 4.24. The predicted molar refractivity (Wildman–Crippen MR) is 75.3 cm³/mol. The van der Waals surface area contributed by atoms with Gasteiger partial charge in [0.1, 0.15) is 5.82 Å². The second-order valence-corrected chi connectivity index (χ2v) is 4.24. The van der Waals surface area contributed by atoms with Crippen LogP contribution in [0.25, 0.3) is 22.6 Å². The molecule has 7 heteroatoms. The molecule has 0 aliphatic heterocycles. The zero-order valence-corrected chi connectivity index (χ0v) is 10.9. The van der Waals surface area contributed by atoms with Gasteiger partial charge in [-0.25, -0.2) is 15.8 Å². The molecule has 0 fully saturated rings. The van der Waals surface area contributed by atoms with Crippen LogP contribution in [-0.4, -0.2) is 24.7 Å². The normalized spacial score (nSPS) is 10.5. The smallest absolute Gasteiger partial charge is 0.162 e. The predicted octanol–water partition coefficient (Wildman–Crippen LogP) is 1.22. The van der Waals surface area contributed by atoms with Crippen molar-refractivity contribution in [3.63, 3.8) is 0 Å². The largest absolute Gasteiger partial charge is 0.308 e. The Kier molecular flexibility index (Phi) is 3.10. The number of hydrazine groups is 1. The number of anilines is 1. The number of nitrogens with two attached hydrogens (primary N) is 1. The maximum absolute atomic E-state index is 5.48. The number of pyridine rings is 1. The zero-order chi connectivity index (χ0) is 13.9. The first kappa shape index (κ1) is 12.2. The van der Waals surface area contributed by atoms with E-state index in [0.29, 0.717) is 11.6 Å². The van der Waals surface area contributed by atoms with Gasteiger partial charge in [0.05, 0.1) is 11.9 Å². The number of nitrogen functional groups attached to an aromatic ring is 1. The summed E-state index contributed by atoms with van der Waals surface area (Å²) >= 11 is 0. The van der Waals surface area contributed by atoms with E-state index in [0.717, 1.165) is 16.8 Å². The molecule has 0 amide bonds. The fraction of sp³-hybridized carbons (Fsp3) is 0.0769. The molecule has 0 radical (unpaired) electrons. The van der Waals surface area contributed by atoms with Crippen molar-refractivity contribution >= 4 is 5.82 Å². The summed E-state index contributed by atoms with van der Waals surface area (Å²) in [6.45, 7) is 0. The molecular formula is C13H13N7. The lowest BCUT2D eigenvalue weighted by molar-refractivity contribution is 0.768. The van der Waals surface area contributed by atoms with Gasteiger partial charge in [0.15, 0.2) is 5.82 Å². The van der Waals surface area contributed by atoms with Gasteiger partial charge in [-0.3, -0.25) is 9.67 Å². The Bertz CT molecular complexity index is 721. The molecule has 0 aliphatic carbocycles. The molecule has 3 rings (SSSR count). The summed E-state index contributed by atoms with van der Waals surface area (Å²) in [5, 5.41) is 4.15. The molecule has 0 bridgehead atoms. The molecule has 0 saturated carbocycles. The van der Waals surface area contributed by atoms with Crippen LogP contribution in [0.2, 0.25) is 0 Å². The van der Waals surface area contributed by atoms with Crippen molar-refractivity contribution in [1.82, 2.24) is 24.7 Å². The van der Waals surface area contributed by atoms with Gasteiger partial charge in [-0.15, -0.1) is 0 Å². The number of hydrogen-bond donors (Lipinski definition) is 2. The molecule has 0 unspecified atom stereocenters. The highest BCUT2D eigenvalue weighted by molar-refractivity contribution is 5.66. The molecule has 0 atom stereocenters. The standard InChI is InChI=1S/C13H13N7/c1-20-8-10(7-16-20)11-6-12(19-14)18-13(17-11)9-2-4-15-5-3-9/h2-8H,14H2,1H3,(H,17,18,19). The van der Waals surface area contributed by atoms with E-state index >= 15 is 0 Å². The van der Waals surface area contributed by atoms with E-state index in [1.807, 2.05) is 25.4 Å². The van der Waals surface area contributed by atoms with Gasteiger partial charge in [0.25, 0.3) is 0 Å². The van der Waals surface area contributed by atoms with Crippen molar-refractivity contribution in [2.24, 2.45) is 12.9 Å². The van der Waals surface area contributed by atoms with Crippen LogP contribution in [0.5, 0.6) is 0 Å². The quantitative estimate of drug-likeness (QED) is 0.547. The molecule has 7 nitrogen and oxygen atoms in total. The van der Waals surface area contributed by atoms with Crippen LogP contribution in [0.1, 0.15) is 0 Å². The number of nitrogens with zero attached hydrogens (tertiary/aromatic N) is 5. The van der Waals surface area contributed by atoms with E-state index in [2.05, 4.69) is 25.5 Å². The van der Waals surface area contributed by atoms with Crippen LogP contribution in [0.3, 0.4) is 0 Å². The fourth-order valence-electron chi connectivity index (χ4n) is 1.85. The highest BCUT2D eigenvalue weighted by Gasteiger charge is 2.09. The Morgan fingerprint density at radius 3 is 2.60 bits per heavy atom. The summed E-state index contributed by atoms with van der Waals surface area (Å²) < 4.78 is 1.72. The first-order valence-corrected chi connectivity index (χ1v) is 6.01. The summed E-state index contributed by atoms with van der Waals surface area (Å²) in [6.07, 6.45) is 7.04. The van der Waals surface area contributed by atoms with Gasteiger partial charge in [-0.2, -0.15) is 5.10 Å². The van der Waals surface area contributed by atoms with Gasteiger partial charge in [-0.05, 0) is 12.1 Å². The molecule has 0 aliphatic rings. The van der Waals surface area contributed by atoms with E-state index in [1.165, 1.54) is 0 Å². The van der Waals surface area contributed by atoms with Crippen molar-refractivity contribution in [2.75, 3.05) is 5.43 Å². The maximum Gasteiger partial charge on any atom is 0.162 e. The molecule has 0 saturated heterocycles. The van der Waals surface area contributed by atoms with Gasteiger partial charge < -0.3 is 5.43 Å². The van der Waals surface area contributed by atoms with Crippen LogP contribution in [0, 0.1) is 0 Å². The number of nitrogens with one attached hydrogen (secondary N) is 1. The Balaban J connectivity index is 2.12. The topological polar surface area (TPSA) is 94.5 Å². The number of rotatable bonds is 3. The summed E-state index contributed by atoms with van der Waals surface area (Å²) in [7, 11) is 1.86. The highest BCUT2D eigenvalue weighted by atomic mass is 15.3. The minimum atomic E-state index is 0.547. The van der Waals surface area contributed by atoms with E-state index < -0.39 is 0 Å². The van der Waals surface area contributed by atoms with E-state index in [1.54, 1.807) is 29.3 Å². The lowest BCUT2D eigenvalue weighted by Gasteiger charge is -2.06. The van der Waals surface area contributed by atoms with Crippen molar-refractivity contribution in [2.45, 2.75) is 0 Å². The third-order valence-electron chi connectivity index (χ3n) is 2.81. The third-order valence-corrected chi connectivity index (χ3v) is 2.81. The molecule has 0 spiro atoms. The lowest BCUT2D eigenvalue weighted by Crippen LogP contribution is -2.09. The molecule has 20 heavy (non-hydrogen) atoms. The molecule has 100 valence electrons. The van der Waals surface area contributed by atoms with Crippen molar-refractivity contribution in [3.05, 3.63) is 43.0 Å². The van der Waals surface area contributed by atoms with Gasteiger partial charge in [0, 0.05) is 42.8 Å². The van der Waals surface area contributed by atoms with Gasteiger partial charge >= 0.3 is 0 Å². The van der Waals surface area contributed by atoms with Crippen LogP contribution in [-0.2, 0) is 7.05 Å². The SMILES string of the molecule is Cn1cc(-c2cc(NN)nc(-c3ccncc3)n2)cn1. The van der Waals surface area contributed by atoms with E-state index in [-0.39, 0.29) is 0 Å². The van der Waals surface area contributed by atoms with E-state index in [4.69, 9.17) is 5.84 Å². The van der Waals surface area contributed by atoms with Crippen LogP contribution in [0.4, 0.5) is 5.82 Å². The first-order valence-electron chi connectivity index (χ1n) is 6.01. The average molecular weight is 267 g/mol. The summed E-state index contributed by atoms with van der Waals surface area (Å²) in [6, 6.07) is 5.48. The van der Waals surface area contributed by atoms with Crippen molar-refractivity contribution < 1.29 is 0 Å². The van der Waals surface area contributed by atoms with Crippen molar-refractivity contribution in [1.29, 1.82) is 0 Å². The molecular weight excluding hydrogens is 254 g/mol. The Morgan fingerprint density at radius 2 is 1.95 bits per heavy atom. The number of aryl methyl sites for hydroxylation is 1. The lowest BCUT2D eigenvalue weighted by atomic mass is 10.2. The van der Waals surface area contributed by atoms with Crippen LogP contribution in [0.15, 0.2) is 43.0 Å². The number of hydrogen-bond acceptors (Lipinski definition) is 6. The molecule has 0 aromatic carbocycles. The Morgan fingerprint density at radius 1 is 1.15 bits per heavy atom. The van der Waals surface area contributed by atoms with Crippen LogP contribution < -0.4 is 11.3 Å². The monoisotopic (exact) mass is 267 g/mol. The Hall–Kier alpha value is -2.80. The van der Waals surface area contributed by atoms with E-state index in [9.17, 15) is 0 Å². The van der Waals surface area contributed by atoms with Crippen molar-refractivity contribution in [3.8, 4) is 22.6 Å². The number of aromatic nitrogens is 5. The zero-order valence-electron chi connectivity index (χ0n) is 10.9. The molecule has 3 heterocycles. The Labute approximate surface area is 115 Å². The second kappa shape index (κ2) is 5.06. The fourth-order valence-corrected chi connectivity index (χ4v) is 1.85. The molecule has 3 N–H and O–H groups in total. The van der Waals surface area contributed by atoms with Crippen LogP contribution >= 0.6 is 0 Å². The minimum absolute atomic E-state index is 0.547. The summed E-state index contributed by atoms with van der Waals surface area (Å²) in [5.41, 5.74) is 5.10. The molecule has 3 aromatic heterocycles. The summed E-state index contributed by atoms with van der Waals surface area (Å²) in [4.78, 5) is 12.9. The maximum atomic E-state index is 5.48. The highest BCUT2D eigenvalue weighted by Crippen LogP contribution is 2.23. The molecule has 3 aromatic rings. The average Bonchev–Trinajstić information content (AvgIpc) is 2.94. The summed E-state index contributed by atoms with van der Waals surface area (Å²) in [5.74, 6) is 6.61. The first-order chi connectivity index (χ1) is 9.76.